The van der Waals surface area contributed by atoms with Gasteiger partial charge in [-0.25, -0.2) is 0 Å². The molecule has 2 aromatic rings. The Hall–Kier alpha value is -2.58. The van der Waals surface area contributed by atoms with Crippen molar-refractivity contribution < 1.29 is 26.9 Å². The fourth-order valence-corrected chi connectivity index (χ4v) is 4.49. The van der Waals surface area contributed by atoms with E-state index in [1.165, 1.54) is 19.2 Å². The zero-order chi connectivity index (χ0) is 23.1. The summed E-state index contributed by atoms with van der Waals surface area (Å²) in [5, 5.41) is 0. The van der Waals surface area contributed by atoms with Crippen LogP contribution in [0.2, 0.25) is 0 Å². The van der Waals surface area contributed by atoms with E-state index in [2.05, 4.69) is 0 Å². The van der Waals surface area contributed by atoms with Crippen LogP contribution in [0, 0.1) is 5.92 Å². The van der Waals surface area contributed by atoms with Crippen molar-refractivity contribution in [1.82, 2.24) is 4.90 Å². The van der Waals surface area contributed by atoms with Crippen molar-refractivity contribution in [3.8, 4) is 11.5 Å². The van der Waals surface area contributed by atoms with Crippen LogP contribution in [-0.4, -0.2) is 45.6 Å². The first-order valence-corrected chi connectivity index (χ1v) is 12.2. The summed E-state index contributed by atoms with van der Waals surface area (Å²) in [6.07, 6.45) is 2.53. The van der Waals surface area contributed by atoms with E-state index in [4.69, 9.17) is 13.7 Å². The quantitative estimate of drug-likeness (QED) is 0.497. The highest BCUT2D eigenvalue weighted by Gasteiger charge is 2.23. The fraction of sp³-hybridized carbons (Fsp3) is 0.458. The topological polar surface area (TPSA) is 82.1 Å². The van der Waals surface area contributed by atoms with Gasteiger partial charge in [0.25, 0.3) is 0 Å². The Balaban J connectivity index is 1.67. The molecule has 3 rings (SSSR count). The van der Waals surface area contributed by atoms with Gasteiger partial charge in [0.2, 0.25) is 5.91 Å². The third-order valence-corrected chi connectivity index (χ3v) is 6.50. The molecule has 1 unspecified atom stereocenters. The summed E-state index contributed by atoms with van der Waals surface area (Å²) in [6.45, 7) is 5.80. The zero-order valence-electron chi connectivity index (χ0n) is 18.8. The first kappa shape index (κ1) is 24.1. The first-order chi connectivity index (χ1) is 15.3. The molecule has 0 saturated carbocycles. The molecule has 1 fully saturated rings. The van der Waals surface area contributed by atoms with Crippen molar-refractivity contribution in [2.75, 3.05) is 20.3 Å². The Bertz CT molecular complexity index is 980. The molecule has 0 radical (unpaired) electrons. The van der Waals surface area contributed by atoms with Gasteiger partial charge in [0, 0.05) is 26.1 Å². The number of rotatable bonds is 10. The standard InChI is InChI=1S/C24H31NO6S/c1-18(2)15-24(26)25(17-22-5-4-14-30-22)16-19-6-8-21(9-7-19)31-32(27,28)23-12-10-20(29-3)11-13-23/h6-13,18,22H,4-5,14-17H2,1-3H3. The molecule has 0 N–H and O–H groups in total. The number of hydrogen-bond acceptors (Lipinski definition) is 6. The molecule has 0 aromatic heterocycles. The van der Waals surface area contributed by atoms with Gasteiger partial charge < -0.3 is 18.6 Å². The van der Waals surface area contributed by atoms with Crippen LogP contribution in [0.1, 0.15) is 38.7 Å². The third-order valence-electron chi connectivity index (χ3n) is 5.23. The van der Waals surface area contributed by atoms with Gasteiger partial charge in [-0.15, -0.1) is 0 Å². The van der Waals surface area contributed by atoms with Crippen molar-refractivity contribution in [3.05, 3.63) is 54.1 Å². The minimum absolute atomic E-state index is 0.0457. The average molecular weight is 462 g/mol. The van der Waals surface area contributed by atoms with Crippen LogP contribution in [0.3, 0.4) is 0 Å². The fourth-order valence-electron chi connectivity index (χ4n) is 3.56. The Kier molecular flexibility index (Phi) is 8.15. The number of benzene rings is 2. The van der Waals surface area contributed by atoms with Gasteiger partial charge in [0.05, 0.1) is 13.2 Å². The van der Waals surface area contributed by atoms with Gasteiger partial charge in [-0.2, -0.15) is 8.42 Å². The van der Waals surface area contributed by atoms with Crippen molar-refractivity contribution >= 4 is 16.0 Å². The number of carbonyl (C=O) groups excluding carboxylic acids is 1. The van der Waals surface area contributed by atoms with Gasteiger partial charge in [-0.3, -0.25) is 4.79 Å². The maximum absolute atomic E-state index is 12.8. The van der Waals surface area contributed by atoms with Crippen LogP contribution in [0.4, 0.5) is 0 Å². The number of ether oxygens (including phenoxy) is 2. The Labute approximate surface area is 190 Å². The zero-order valence-corrected chi connectivity index (χ0v) is 19.6. The van der Waals surface area contributed by atoms with Crippen LogP contribution in [0.5, 0.6) is 11.5 Å². The van der Waals surface area contributed by atoms with Gasteiger partial charge in [-0.1, -0.05) is 26.0 Å². The summed E-state index contributed by atoms with van der Waals surface area (Å²) in [4.78, 5) is 14.6. The minimum Gasteiger partial charge on any atom is -0.497 e. The lowest BCUT2D eigenvalue weighted by Gasteiger charge is -2.26. The molecule has 8 heteroatoms. The predicted octanol–water partition coefficient (Wildman–Crippen LogP) is 4.02. The Morgan fingerprint density at radius 2 is 1.75 bits per heavy atom. The van der Waals surface area contributed by atoms with E-state index in [0.29, 0.717) is 25.3 Å². The Morgan fingerprint density at radius 3 is 2.31 bits per heavy atom. The van der Waals surface area contributed by atoms with Gasteiger partial charge in [0.15, 0.2) is 0 Å². The molecule has 1 heterocycles. The second kappa shape index (κ2) is 10.8. The molecule has 1 aliphatic heterocycles. The molecule has 174 valence electrons. The first-order valence-electron chi connectivity index (χ1n) is 10.8. The molecule has 32 heavy (non-hydrogen) atoms. The molecular formula is C24H31NO6S. The monoisotopic (exact) mass is 461 g/mol. The maximum Gasteiger partial charge on any atom is 0.339 e. The number of carbonyl (C=O) groups is 1. The highest BCUT2D eigenvalue weighted by atomic mass is 32.2. The SMILES string of the molecule is COc1ccc(S(=O)(=O)Oc2ccc(CN(CC3CCCO3)C(=O)CC(C)C)cc2)cc1. The Morgan fingerprint density at radius 1 is 1.09 bits per heavy atom. The van der Waals surface area contributed by atoms with E-state index >= 15 is 0 Å². The normalized spacial score (nSPS) is 16.2. The van der Waals surface area contributed by atoms with Crippen LogP contribution in [0.25, 0.3) is 0 Å². The second-order valence-electron chi connectivity index (χ2n) is 8.36. The summed E-state index contributed by atoms with van der Waals surface area (Å²) in [5.74, 6) is 1.14. The van der Waals surface area contributed by atoms with E-state index in [1.54, 1.807) is 36.4 Å². The van der Waals surface area contributed by atoms with E-state index < -0.39 is 10.1 Å². The largest absolute Gasteiger partial charge is 0.497 e. The van der Waals surface area contributed by atoms with Gasteiger partial charge in [0.1, 0.15) is 16.4 Å². The van der Waals surface area contributed by atoms with Crippen LogP contribution in [-0.2, 0) is 26.2 Å². The van der Waals surface area contributed by atoms with Crippen LogP contribution >= 0.6 is 0 Å². The molecule has 1 amide bonds. The predicted molar refractivity (Wildman–Crippen MR) is 121 cm³/mol. The molecule has 1 saturated heterocycles. The highest BCUT2D eigenvalue weighted by molar-refractivity contribution is 7.87. The lowest BCUT2D eigenvalue weighted by molar-refractivity contribution is -0.134. The van der Waals surface area contributed by atoms with Gasteiger partial charge >= 0.3 is 10.1 Å². The molecule has 2 aromatic carbocycles. The summed E-state index contributed by atoms with van der Waals surface area (Å²) >= 11 is 0. The van der Waals surface area contributed by atoms with E-state index in [9.17, 15) is 13.2 Å². The highest BCUT2D eigenvalue weighted by Crippen LogP contribution is 2.23. The van der Waals surface area contributed by atoms with E-state index in [1.807, 2.05) is 18.7 Å². The lowest BCUT2D eigenvalue weighted by atomic mass is 10.1. The summed E-state index contributed by atoms with van der Waals surface area (Å²) < 4.78 is 41.1. The molecule has 1 atom stereocenters. The van der Waals surface area contributed by atoms with E-state index in [0.717, 1.165) is 25.0 Å². The molecule has 0 aliphatic carbocycles. The van der Waals surface area contributed by atoms with Crippen LogP contribution in [0.15, 0.2) is 53.4 Å². The summed E-state index contributed by atoms with van der Waals surface area (Å²) in [5.41, 5.74) is 0.897. The van der Waals surface area contributed by atoms with Crippen molar-refractivity contribution in [2.24, 2.45) is 5.92 Å². The van der Waals surface area contributed by atoms with Crippen LogP contribution < -0.4 is 8.92 Å². The molecular weight excluding hydrogens is 430 g/mol. The van der Waals surface area contributed by atoms with E-state index in [-0.39, 0.29) is 28.6 Å². The minimum atomic E-state index is -3.95. The lowest BCUT2D eigenvalue weighted by Crippen LogP contribution is -2.37. The number of amides is 1. The number of nitrogens with zero attached hydrogens (tertiary/aromatic N) is 1. The summed E-state index contributed by atoms with van der Waals surface area (Å²) in [6, 6.07) is 12.8. The maximum atomic E-state index is 12.8. The third kappa shape index (κ3) is 6.71. The molecule has 7 nitrogen and oxygen atoms in total. The number of hydrogen-bond donors (Lipinski definition) is 0. The second-order valence-corrected chi connectivity index (χ2v) is 9.91. The molecule has 0 spiro atoms. The van der Waals surface area contributed by atoms with Gasteiger partial charge in [-0.05, 0) is 60.7 Å². The molecule has 1 aliphatic rings. The summed E-state index contributed by atoms with van der Waals surface area (Å²) in [7, 11) is -2.44. The smallest absolute Gasteiger partial charge is 0.339 e. The van der Waals surface area contributed by atoms with Crippen molar-refractivity contribution in [1.29, 1.82) is 0 Å². The van der Waals surface area contributed by atoms with Crippen molar-refractivity contribution in [2.45, 2.75) is 50.7 Å². The average Bonchev–Trinajstić information content (AvgIpc) is 3.27. The van der Waals surface area contributed by atoms with Crippen molar-refractivity contribution in [3.63, 3.8) is 0 Å². The molecule has 0 bridgehead atoms. The number of methoxy groups -OCH3 is 1.